The summed E-state index contributed by atoms with van der Waals surface area (Å²) in [7, 11) is 0. The monoisotopic (exact) mass is 474 g/mol. The van der Waals surface area contributed by atoms with Gasteiger partial charge in [0.05, 0.1) is 5.69 Å². The van der Waals surface area contributed by atoms with Crippen LogP contribution in [0, 0.1) is 0 Å². The molecule has 0 fully saturated rings. The van der Waals surface area contributed by atoms with Crippen molar-refractivity contribution in [3.05, 3.63) is 54.9 Å². The SMILES string of the molecule is CC(C)(OC(=O)Nc1ccc(-c2ncn(-c3ccc(OC(F)(F)F)cc3)n2)cc1)C(F)(F)F. The van der Waals surface area contributed by atoms with Gasteiger partial charge in [-0.2, -0.15) is 13.2 Å². The first kappa shape index (κ1) is 23.9. The summed E-state index contributed by atoms with van der Waals surface area (Å²) in [6, 6.07) is 10.9. The average molecular weight is 474 g/mol. The number of aromatic nitrogens is 3. The number of ether oxygens (including phenoxy) is 2. The Morgan fingerprint density at radius 2 is 1.55 bits per heavy atom. The van der Waals surface area contributed by atoms with Crippen LogP contribution < -0.4 is 10.1 Å². The summed E-state index contributed by atoms with van der Waals surface area (Å²) in [6.07, 6.45) is -9.46. The molecule has 1 amide bonds. The molecule has 0 saturated carbocycles. The summed E-state index contributed by atoms with van der Waals surface area (Å²) in [5, 5.41) is 6.43. The molecule has 0 spiro atoms. The minimum absolute atomic E-state index is 0.182. The van der Waals surface area contributed by atoms with Gasteiger partial charge in [0.2, 0.25) is 5.60 Å². The van der Waals surface area contributed by atoms with E-state index in [1.54, 1.807) is 0 Å². The number of alkyl halides is 6. The van der Waals surface area contributed by atoms with E-state index in [9.17, 15) is 31.1 Å². The highest BCUT2D eigenvalue weighted by Crippen LogP contribution is 2.33. The van der Waals surface area contributed by atoms with Crippen LogP contribution in [-0.2, 0) is 4.74 Å². The topological polar surface area (TPSA) is 78.3 Å². The van der Waals surface area contributed by atoms with Gasteiger partial charge in [0.1, 0.15) is 12.1 Å². The van der Waals surface area contributed by atoms with Gasteiger partial charge in [0.15, 0.2) is 5.82 Å². The fraction of sp³-hybridized carbons (Fsp3) is 0.250. The number of halogens is 6. The Bertz CT molecular complexity index is 1110. The average Bonchev–Trinajstić information content (AvgIpc) is 3.16. The fourth-order valence-electron chi connectivity index (χ4n) is 2.46. The van der Waals surface area contributed by atoms with Crippen LogP contribution >= 0.6 is 0 Å². The predicted molar refractivity (Wildman–Crippen MR) is 104 cm³/mol. The molecular formula is C20H16F6N4O3. The molecule has 33 heavy (non-hydrogen) atoms. The quantitative estimate of drug-likeness (QED) is 0.479. The van der Waals surface area contributed by atoms with Gasteiger partial charge in [0.25, 0.3) is 0 Å². The van der Waals surface area contributed by atoms with E-state index in [1.165, 1.54) is 47.4 Å². The molecule has 0 aliphatic rings. The van der Waals surface area contributed by atoms with Gasteiger partial charge < -0.3 is 9.47 Å². The Labute approximate surface area is 182 Å². The lowest BCUT2D eigenvalue weighted by atomic mass is 10.1. The van der Waals surface area contributed by atoms with Crippen LogP contribution in [0.15, 0.2) is 54.9 Å². The Morgan fingerprint density at radius 1 is 0.939 bits per heavy atom. The van der Waals surface area contributed by atoms with E-state index in [1.807, 2.05) is 0 Å². The Hall–Kier alpha value is -3.77. The van der Waals surface area contributed by atoms with Crippen LogP contribution in [-0.4, -0.2) is 39.0 Å². The van der Waals surface area contributed by atoms with Gasteiger partial charge in [-0.15, -0.1) is 18.3 Å². The van der Waals surface area contributed by atoms with Crippen molar-refractivity contribution in [2.45, 2.75) is 32.0 Å². The first-order valence-electron chi connectivity index (χ1n) is 9.18. The molecule has 13 heteroatoms. The molecular weight excluding hydrogens is 458 g/mol. The molecule has 0 radical (unpaired) electrons. The lowest BCUT2D eigenvalue weighted by Crippen LogP contribution is -2.44. The maximum absolute atomic E-state index is 12.8. The van der Waals surface area contributed by atoms with Gasteiger partial charge >= 0.3 is 18.6 Å². The lowest BCUT2D eigenvalue weighted by Gasteiger charge is -2.27. The standard InChI is InChI=1S/C20H16F6N4O3/c1-18(2,19(21,22)23)33-17(31)28-13-5-3-12(4-6-13)16-27-11-30(29-16)14-7-9-15(10-8-14)32-20(24,25)26/h3-11H,1-2H3,(H,28,31). The van der Waals surface area contributed by atoms with E-state index in [0.717, 1.165) is 26.0 Å². The van der Waals surface area contributed by atoms with Gasteiger partial charge in [-0.05, 0) is 62.4 Å². The number of amides is 1. The Balaban J connectivity index is 1.66. The number of benzene rings is 2. The first-order valence-corrected chi connectivity index (χ1v) is 9.18. The number of carbonyl (C=O) groups is 1. The zero-order chi connectivity index (χ0) is 24.4. The molecule has 1 heterocycles. The van der Waals surface area contributed by atoms with E-state index < -0.39 is 24.2 Å². The molecule has 0 aliphatic carbocycles. The minimum Gasteiger partial charge on any atom is -0.434 e. The molecule has 3 aromatic rings. The minimum atomic E-state index is -4.80. The zero-order valence-electron chi connectivity index (χ0n) is 17.0. The van der Waals surface area contributed by atoms with Gasteiger partial charge in [-0.25, -0.2) is 14.5 Å². The van der Waals surface area contributed by atoms with E-state index in [4.69, 9.17) is 0 Å². The molecule has 176 valence electrons. The molecule has 0 aliphatic heterocycles. The second-order valence-electron chi connectivity index (χ2n) is 7.15. The molecule has 0 bridgehead atoms. The molecule has 3 rings (SSSR count). The lowest BCUT2D eigenvalue weighted by molar-refractivity contribution is -0.274. The molecule has 0 unspecified atom stereocenters. The van der Waals surface area contributed by atoms with Crippen LogP contribution in [0.1, 0.15) is 13.8 Å². The third kappa shape index (κ3) is 6.14. The largest absolute Gasteiger partial charge is 0.573 e. The predicted octanol–water partition coefficient (Wildman–Crippen LogP) is 5.72. The highest BCUT2D eigenvalue weighted by molar-refractivity contribution is 5.85. The number of hydrogen-bond acceptors (Lipinski definition) is 5. The van der Waals surface area contributed by atoms with Crippen LogP contribution in [0.3, 0.4) is 0 Å². The maximum Gasteiger partial charge on any atom is 0.573 e. The van der Waals surface area contributed by atoms with Gasteiger partial charge in [-0.3, -0.25) is 5.32 Å². The van der Waals surface area contributed by atoms with Crippen LogP contribution in [0.2, 0.25) is 0 Å². The second kappa shape index (κ2) is 8.64. The highest BCUT2D eigenvalue weighted by Gasteiger charge is 2.50. The number of rotatable bonds is 5. The van der Waals surface area contributed by atoms with E-state index in [0.29, 0.717) is 11.3 Å². The molecule has 2 aromatic carbocycles. The highest BCUT2D eigenvalue weighted by atomic mass is 19.4. The van der Waals surface area contributed by atoms with Crippen molar-refractivity contribution in [2.24, 2.45) is 0 Å². The van der Waals surface area contributed by atoms with Crippen molar-refractivity contribution >= 4 is 11.8 Å². The van der Waals surface area contributed by atoms with Crippen LogP contribution in [0.5, 0.6) is 5.75 Å². The molecule has 1 aromatic heterocycles. The van der Waals surface area contributed by atoms with Crippen LogP contribution in [0.4, 0.5) is 36.8 Å². The van der Waals surface area contributed by atoms with Crippen molar-refractivity contribution in [2.75, 3.05) is 5.32 Å². The number of anilines is 1. The van der Waals surface area contributed by atoms with Crippen molar-refractivity contribution in [3.63, 3.8) is 0 Å². The maximum atomic E-state index is 12.8. The summed E-state index contributed by atoms with van der Waals surface area (Å²) < 4.78 is 84.8. The first-order chi connectivity index (χ1) is 15.2. The van der Waals surface area contributed by atoms with Gasteiger partial charge in [0, 0.05) is 11.3 Å². The summed E-state index contributed by atoms with van der Waals surface area (Å²) in [6.45, 7) is 1.46. The van der Waals surface area contributed by atoms with Crippen molar-refractivity contribution < 1.29 is 40.6 Å². The third-order valence-electron chi connectivity index (χ3n) is 4.25. The Morgan fingerprint density at radius 3 is 2.09 bits per heavy atom. The summed E-state index contributed by atoms with van der Waals surface area (Å²) in [5.41, 5.74) is -1.54. The molecule has 7 nitrogen and oxygen atoms in total. The van der Waals surface area contributed by atoms with Gasteiger partial charge in [-0.1, -0.05) is 0 Å². The number of nitrogens with zero attached hydrogens (tertiary/aromatic N) is 3. The third-order valence-corrected chi connectivity index (χ3v) is 4.25. The van der Waals surface area contributed by atoms with Crippen molar-refractivity contribution in [1.29, 1.82) is 0 Å². The Kier molecular flexibility index (Phi) is 6.25. The number of carbonyl (C=O) groups excluding carboxylic acids is 1. The van der Waals surface area contributed by atoms with E-state index >= 15 is 0 Å². The fourth-order valence-corrected chi connectivity index (χ4v) is 2.46. The normalized spacial score (nSPS) is 12.4. The van der Waals surface area contributed by atoms with E-state index in [-0.39, 0.29) is 17.3 Å². The summed E-state index contributed by atoms with van der Waals surface area (Å²) in [5.74, 6) is -0.121. The zero-order valence-corrected chi connectivity index (χ0v) is 17.0. The second-order valence-corrected chi connectivity index (χ2v) is 7.15. The van der Waals surface area contributed by atoms with Crippen LogP contribution in [0.25, 0.3) is 17.1 Å². The number of hydrogen-bond donors (Lipinski definition) is 1. The van der Waals surface area contributed by atoms with Crippen molar-refractivity contribution in [3.8, 4) is 22.8 Å². The summed E-state index contributed by atoms with van der Waals surface area (Å²) >= 11 is 0. The van der Waals surface area contributed by atoms with E-state index in [2.05, 4.69) is 24.9 Å². The summed E-state index contributed by atoms with van der Waals surface area (Å²) in [4.78, 5) is 15.9. The molecule has 0 atom stereocenters. The van der Waals surface area contributed by atoms with Crippen molar-refractivity contribution in [1.82, 2.24) is 14.8 Å². The number of nitrogens with one attached hydrogen (secondary N) is 1. The molecule has 1 N–H and O–H groups in total. The smallest absolute Gasteiger partial charge is 0.434 e. The molecule has 0 saturated heterocycles.